The molecule has 7 nitrogen and oxygen atoms in total. The highest BCUT2D eigenvalue weighted by molar-refractivity contribution is 6.04. The van der Waals surface area contributed by atoms with Crippen molar-refractivity contribution in [3.8, 4) is 6.07 Å². The number of amides is 2. The number of nitrogens with zero attached hydrogens (tertiary/aromatic N) is 1. The van der Waals surface area contributed by atoms with E-state index in [4.69, 9.17) is 5.26 Å². The van der Waals surface area contributed by atoms with Gasteiger partial charge < -0.3 is 15.4 Å². The van der Waals surface area contributed by atoms with Gasteiger partial charge in [0.15, 0.2) is 0 Å². The number of hydrogen-bond donors (Lipinski definition) is 2. The van der Waals surface area contributed by atoms with Gasteiger partial charge >= 0.3 is 5.97 Å². The zero-order valence-corrected chi connectivity index (χ0v) is 14.6. The average molecular weight is 363 g/mol. The zero-order valence-electron chi connectivity index (χ0n) is 14.6. The Balaban J connectivity index is 1.60. The van der Waals surface area contributed by atoms with E-state index in [2.05, 4.69) is 15.4 Å². The van der Waals surface area contributed by atoms with Crippen LogP contribution in [0.2, 0.25) is 0 Å². The van der Waals surface area contributed by atoms with Gasteiger partial charge in [0.2, 0.25) is 11.8 Å². The van der Waals surface area contributed by atoms with Gasteiger partial charge in [0.05, 0.1) is 35.8 Å². The Kier molecular flexibility index (Phi) is 5.18. The predicted molar refractivity (Wildman–Crippen MR) is 97.8 cm³/mol. The van der Waals surface area contributed by atoms with Gasteiger partial charge in [0, 0.05) is 5.69 Å². The van der Waals surface area contributed by atoms with Crippen molar-refractivity contribution < 1.29 is 19.1 Å². The maximum absolute atomic E-state index is 12.4. The number of nitrogens with one attached hydrogen (secondary N) is 2. The molecule has 3 rings (SSSR count). The molecule has 2 atom stereocenters. The van der Waals surface area contributed by atoms with Crippen molar-refractivity contribution in [3.05, 3.63) is 59.7 Å². The van der Waals surface area contributed by atoms with E-state index in [1.54, 1.807) is 42.5 Å². The summed E-state index contributed by atoms with van der Waals surface area (Å²) in [4.78, 5) is 36.2. The predicted octanol–water partition coefficient (Wildman–Crippen LogP) is 2.56. The molecule has 1 saturated carbocycles. The molecule has 0 saturated heterocycles. The zero-order chi connectivity index (χ0) is 19.4. The van der Waals surface area contributed by atoms with Crippen molar-refractivity contribution in [3.63, 3.8) is 0 Å². The topological polar surface area (TPSA) is 108 Å². The fourth-order valence-electron chi connectivity index (χ4n) is 2.77. The quantitative estimate of drug-likeness (QED) is 0.794. The molecule has 1 fully saturated rings. The fraction of sp³-hybridized carbons (Fsp3) is 0.200. The fourth-order valence-corrected chi connectivity index (χ4v) is 2.77. The molecular weight excluding hydrogens is 346 g/mol. The lowest BCUT2D eigenvalue weighted by atomic mass is 10.2. The summed E-state index contributed by atoms with van der Waals surface area (Å²) in [5.74, 6) is -1.96. The number of para-hydroxylation sites is 1. The molecule has 136 valence electrons. The molecule has 0 bridgehead atoms. The Morgan fingerprint density at radius 2 is 1.74 bits per heavy atom. The van der Waals surface area contributed by atoms with Gasteiger partial charge in [0.1, 0.15) is 6.07 Å². The van der Waals surface area contributed by atoms with E-state index in [1.807, 2.05) is 6.07 Å². The number of benzene rings is 2. The van der Waals surface area contributed by atoms with Crippen LogP contribution in [0.3, 0.4) is 0 Å². The number of esters is 1. The van der Waals surface area contributed by atoms with Crippen LogP contribution in [0.25, 0.3) is 0 Å². The maximum Gasteiger partial charge on any atom is 0.337 e. The van der Waals surface area contributed by atoms with Crippen LogP contribution in [0.1, 0.15) is 22.3 Å². The molecule has 27 heavy (non-hydrogen) atoms. The van der Waals surface area contributed by atoms with Crippen molar-refractivity contribution in [2.75, 3.05) is 17.7 Å². The molecule has 0 radical (unpaired) electrons. The summed E-state index contributed by atoms with van der Waals surface area (Å²) in [7, 11) is 1.28. The van der Waals surface area contributed by atoms with Crippen molar-refractivity contribution in [2.24, 2.45) is 11.8 Å². The van der Waals surface area contributed by atoms with Gasteiger partial charge in [0.25, 0.3) is 0 Å². The molecule has 2 amide bonds. The first-order valence-electron chi connectivity index (χ1n) is 8.32. The van der Waals surface area contributed by atoms with E-state index in [-0.39, 0.29) is 11.8 Å². The first-order chi connectivity index (χ1) is 13.0. The second kappa shape index (κ2) is 7.70. The summed E-state index contributed by atoms with van der Waals surface area (Å²) in [6.45, 7) is 0. The minimum absolute atomic E-state index is 0.286. The molecule has 0 spiro atoms. The highest BCUT2D eigenvalue weighted by Gasteiger charge is 2.48. The minimum Gasteiger partial charge on any atom is -0.465 e. The van der Waals surface area contributed by atoms with Gasteiger partial charge in [-0.2, -0.15) is 5.26 Å². The van der Waals surface area contributed by atoms with Crippen LogP contribution in [-0.4, -0.2) is 24.9 Å². The number of nitriles is 1. The maximum atomic E-state index is 12.4. The van der Waals surface area contributed by atoms with Gasteiger partial charge in [-0.3, -0.25) is 9.59 Å². The second-order valence-electron chi connectivity index (χ2n) is 6.16. The molecule has 2 aromatic carbocycles. The number of hydrogen-bond acceptors (Lipinski definition) is 5. The molecule has 2 aromatic rings. The van der Waals surface area contributed by atoms with Crippen LogP contribution in [-0.2, 0) is 14.3 Å². The lowest BCUT2D eigenvalue weighted by molar-refractivity contribution is -0.122. The van der Waals surface area contributed by atoms with Crippen LogP contribution in [0.5, 0.6) is 0 Å². The van der Waals surface area contributed by atoms with E-state index in [0.717, 1.165) is 0 Å². The normalized spacial score (nSPS) is 17.3. The van der Waals surface area contributed by atoms with Crippen LogP contribution in [0.15, 0.2) is 48.5 Å². The summed E-state index contributed by atoms with van der Waals surface area (Å²) in [6.07, 6.45) is 0.434. The number of rotatable bonds is 5. The smallest absolute Gasteiger partial charge is 0.337 e. The number of ether oxygens (including phenoxy) is 1. The Labute approximate surface area is 155 Å². The average Bonchev–Trinajstić information content (AvgIpc) is 3.49. The molecule has 2 N–H and O–H groups in total. The number of carbonyl (C=O) groups excluding carboxylic acids is 3. The van der Waals surface area contributed by atoms with Crippen molar-refractivity contribution in [1.29, 1.82) is 5.26 Å². The van der Waals surface area contributed by atoms with Crippen LogP contribution in [0, 0.1) is 23.2 Å². The summed E-state index contributed by atoms with van der Waals surface area (Å²) in [5, 5.41) is 14.5. The molecule has 0 aromatic heterocycles. The molecule has 1 aliphatic carbocycles. The third-order valence-corrected chi connectivity index (χ3v) is 4.32. The Morgan fingerprint density at radius 3 is 2.44 bits per heavy atom. The van der Waals surface area contributed by atoms with E-state index in [1.165, 1.54) is 13.2 Å². The molecule has 1 aliphatic rings. The monoisotopic (exact) mass is 363 g/mol. The Morgan fingerprint density at radius 1 is 1.04 bits per heavy atom. The third-order valence-electron chi connectivity index (χ3n) is 4.32. The van der Waals surface area contributed by atoms with E-state index >= 15 is 0 Å². The van der Waals surface area contributed by atoms with E-state index < -0.39 is 17.8 Å². The number of methoxy groups -OCH3 is 1. The van der Waals surface area contributed by atoms with Crippen molar-refractivity contribution >= 4 is 29.2 Å². The number of carbonyl (C=O) groups is 3. The summed E-state index contributed by atoms with van der Waals surface area (Å²) >= 11 is 0. The van der Waals surface area contributed by atoms with Gasteiger partial charge in [-0.1, -0.05) is 18.2 Å². The second-order valence-corrected chi connectivity index (χ2v) is 6.16. The first kappa shape index (κ1) is 18.1. The van der Waals surface area contributed by atoms with Gasteiger partial charge in [-0.05, 0) is 36.8 Å². The molecule has 2 unspecified atom stereocenters. The van der Waals surface area contributed by atoms with Crippen molar-refractivity contribution in [1.82, 2.24) is 0 Å². The van der Waals surface area contributed by atoms with E-state index in [9.17, 15) is 14.4 Å². The molecule has 0 aliphatic heterocycles. The summed E-state index contributed by atoms with van der Waals surface area (Å²) in [6, 6.07) is 15.1. The van der Waals surface area contributed by atoms with Gasteiger partial charge in [-0.15, -0.1) is 0 Å². The Hall–Kier alpha value is -3.66. The van der Waals surface area contributed by atoms with Gasteiger partial charge in [-0.25, -0.2) is 4.79 Å². The number of anilines is 2. The molecule has 7 heteroatoms. The summed E-state index contributed by atoms with van der Waals surface area (Å²) in [5.41, 5.74) is 1.59. The largest absolute Gasteiger partial charge is 0.465 e. The third kappa shape index (κ3) is 4.12. The molecular formula is C20H17N3O4. The van der Waals surface area contributed by atoms with Crippen LogP contribution >= 0.6 is 0 Å². The summed E-state index contributed by atoms with van der Waals surface area (Å²) < 4.78 is 4.65. The Bertz CT molecular complexity index is 948. The van der Waals surface area contributed by atoms with Crippen LogP contribution < -0.4 is 10.6 Å². The molecule has 0 heterocycles. The first-order valence-corrected chi connectivity index (χ1v) is 8.32. The SMILES string of the molecule is COC(=O)c1cccc(NC(=O)C2CC2C(=O)Nc2ccccc2C#N)c1. The minimum atomic E-state index is -0.495. The van der Waals surface area contributed by atoms with E-state index in [0.29, 0.717) is 28.9 Å². The van der Waals surface area contributed by atoms with Crippen LogP contribution in [0.4, 0.5) is 11.4 Å². The lowest BCUT2D eigenvalue weighted by Gasteiger charge is -2.08. The standard InChI is InChI=1S/C20H17N3O4/c1-27-20(26)12-6-4-7-14(9-12)22-18(24)15-10-16(15)19(25)23-17-8-3-2-5-13(17)11-21/h2-9,15-16H,10H2,1H3,(H,22,24)(H,23,25). The van der Waals surface area contributed by atoms with Crippen molar-refractivity contribution in [2.45, 2.75) is 6.42 Å². The highest BCUT2D eigenvalue weighted by atomic mass is 16.5. The highest BCUT2D eigenvalue weighted by Crippen LogP contribution is 2.40. The lowest BCUT2D eigenvalue weighted by Crippen LogP contribution is -2.21.